The van der Waals surface area contributed by atoms with E-state index in [1.165, 1.54) is 18.2 Å². The molecule has 0 spiro atoms. The van der Waals surface area contributed by atoms with Crippen molar-refractivity contribution in [2.75, 3.05) is 4.72 Å². The number of rotatable bonds is 7. The molecule has 3 rings (SSSR count). The summed E-state index contributed by atoms with van der Waals surface area (Å²) in [6.45, 7) is 2.02. The molecule has 1 amide bonds. The van der Waals surface area contributed by atoms with Gasteiger partial charge in [-0.15, -0.1) is 0 Å². The average molecular weight is 431 g/mol. The summed E-state index contributed by atoms with van der Waals surface area (Å²) in [7, 11) is -3.90. The number of hydroxylamine groups is 1. The minimum atomic E-state index is -3.90. The molecule has 29 heavy (non-hydrogen) atoms. The minimum absolute atomic E-state index is 0.00755. The van der Waals surface area contributed by atoms with Crippen LogP contribution in [-0.4, -0.2) is 14.3 Å². The number of nitrogens with one attached hydrogen (secondary N) is 2. The van der Waals surface area contributed by atoms with E-state index in [0.29, 0.717) is 5.69 Å². The Hall–Kier alpha value is -2.87. The van der Waals surface area contributed by atoms with Crippen molar-refractivity contribution in [3.8, 4) is 0 Å². The normalized spacial score (nSPS) is 11.1. The van der Waals surface area contributed by atoms with Gasteiger partial charge in [0, 0.05) is 5.69 Å². The third-order valence-electron chi connectivity index (χ3n) is 4.01. The number of hydrogen-bond acceptors (Lipinski definition) is 4. The van der Waals surface area contributed by atoms with Gasteiger partial charge in [0.1, 0.15) is 0 Å². The lowest BCUT2D eigenvalue weighted by molar-refractivity contribution is 0.0233. The number of anilines is 1. The van der Waals surface area contributed by atoms with Gasteiger partial charge < -0.3 is 0 Å². The first-order valence-electron chi connectivity index (χ1n) is 8.70. The number of halogens is 1. The lowest BCUT2D eigenvalue weighted by Gasteiger charge is -2.11. The molecular weight excluding hydrogens is 412 g/mol. The molecule has 0 atom stereocenters. The molecule has 0 fully saturated rings. The second-order valence-electron chi connectivity index (χ2n) is 6.32. The van der Waals surface area contributed by atoms with Crippen molar-refractivity contribution in [1.82, 2.24) is 5.48 Å². The fraction of sp³-hybridized carbons (Fsp3) is 0.0952. The van der Waals surface area contributed by atoms with Crippen LogP contribution < -0.4 is 10.2 Å². The van der Waals surface area contributed by atoms with E-state index < -0.39 is 15.9 Å². The Bertz CT molecular complexity index is 1120. The molecule has 2 N–H and O–H groups in total. The maximum absolute atomic E-state index is 12.7. The molecular formula is C21H19ClN2O4S. The number of amides is 1. The lowest BCUT2D eigenvalue weighted by Crippen LogP contribution is -2.24. The summed E-state index contributed by atoms with van der Waals surface area (Å²) in [5.41, 5.74) is 4.49. The minimum Gasteiger partial charge on any atom is -0.280 e. The van der Waals surface area contributed by atoms with E-state index >= 15 is 0 Å². The molecule has 0 aliphatic rings. The van der Waals surface area contributed by atoms with Crippen LogP contribution in [-0.2, 0) is 21.5 Å². The van der Waals surface area contributed by atoms with Gasteiger partial charge in [-0.3, -0.25) is 14.4 Å². The lowest BCUT2D eigenvalue weighted by atomic mass is 10.2. The summed E-state index contributed by atoms with van der Waals surface area (Å²) in [6.07, 6.45) is 0. The largest absolute Gasteiger partial charge is 0.280 e. The van der Waals surface area contributed by atoms with Crippen LogP contribution in [0.1, 0.15) is 21.5 Å². The predicted molar refractivity (Wildman–Crippen MR) is 112 cm³/mol. The fourth-order valence-electron chi connectivity index (χ4n) is 2.58. The van der Waals surface area contributed by atoms with Gasteiger partial charge in [0.25, 0.3) is 15.9 Å². The van der Waals surface area contributed by atoms with Gasteiger partial charge in [0.15, 0.2) is 0 Å². The van der Waals surface area contributed by atoms with Crippen molar-refractivity contribution in [3.05, 3.63) is 94.5 Å². The zero-order valence-corrected chi connectivity index (χ0v) is 17.1. The molecule has 3 aromatic carbocycles. The summed E-state index contributed by atoms with van der Waals surface area (Å²) < 4.78 is 27.9. The molecule has 0 bridgehead atoms. The van der Waals surface area contributed by atoms with Crippen molar-refractivity contribution >= 4 is 33.2 Å². The molecule has 150 valence electrons. The van der Waals surface area contributed by atoms with Gasteiger partial charge in [-0.05, 0) is 48.4 Å². The van der Waals surface area contributed by atoms with Crippen molar-refractivity contribution in [1.29, 1.82) is 0 Å². The first-order chi connectivity index (χ1) is 13.8. The van der Waals surface area contributed by atoms with Crippen molar-refractivity contribution in [2.45, 2.75) is 18.4 Å². The van der Waals surface area contributed by atoms with Crippen LogP contribution in [0.25, 0.3) is 0 Å². The van der Waals surface area contributed by atoms with Gasteiger partial charge in [-0.1, -0.05) is 54.1 Å². The Morgan fingerprint density at radius 3 is 2.48 bits per heavy atom. The number of aryl methyl sites for hydroxylation is 1. The number of benzene rings is 3. The highest BCUT2D eigenvalue weighted by atomic mass is 35.5. The summed E-state index contributed by atoms with van der Waals surface area (Å²) in [4.78, 5) is 17.5. The standard InChI is InChI=1S/C21H19ClN2O4S/c1-15-6-5-9-17(12-15)24-29(26,27)18-10-11-20(22)19(13-18)21(25)23-28-14-16-7-3-2-4-8-16/h2-13,24H,14H2,1H3,(H,23,25). The van der Waals surface area contributed by atoms with Crippen molar-refractivity contribution in [3.63, 3.8) is 0 Å². The molecule has 0 saturated carbocycles. The van der Waals surface area contributed by atoms with E-state index in [1.54, 1.807) is 18.2 Å². The highest BCUT2D eigenvalue weighted by Crippen LogP contribution is 2.23. The van der Waals surface area contributed by atoms with Crippen LogP contribution >= 0.6 is 11.6 Å². The van der Waals surface area contributed by atoms with Gasteiger partial charge in [-0.25, -0.2) is 13.9 Å². The van der Waals surface area contributed by atoms with E-state index in [0.717, 1.165) is 11.1 Å². The van der Waals surface area contributed by atoms with Gasteiger partial charge in [0.2, 0.25) is 0 Å². The molecule has 0 aromatic heterocycles. The second-order valence-corrected chi connectivity index (χ2v) is 8.41. The number of carbonyl (C=O) groups is 1. The highest BCUT2D eigenvalue weighted by Gasteiger charge is 2.19. The molecule has 0 heterocycles. The third kappa shape index (κ3) is 5.57. The highest BCUT2D eigenvalue weighted by molar-refractivity contribution is 7.92. The molecule has 0 aliphatic carbocycles. The Labute approximate surface area is 174 Å². The smallest absolute Gasteiger partial charge is 0.276 e. The zero-order valence-electron chi connectivity index (χ0n) is 15.6. The second kappa shape index (κ2) is 9.09. The number of sulfonamides is 1. The molecule has 0 saturated heterocycles. The fourth-order valence-corrected chi connectivity index (χ4v) is 3.86. The van der Waals surface area contributed by atoms with Crippen LogP contribution in [0.3, 0.4) is 0 Å². The maximum atomic E-state index is 12.7. The van der Waals surface area contributed by atoms with Gasteiger partial charge in [-0.2, -0.15) is 0 Å². The summed E-state index contributed by atoms with van der Waals surface area (Å²) in [6, 6.07) is 20.1. The summed E-state index contributed by atoms with van der Waals surface area (Å²) in [5.74, 6) is -0.640. The van der Waals surface area contributed by atoms with Crippen LogP contribution in [0.5, 0.6) is 0 Å². The topological polar surface area (TPSA) is 84.5 Å². The van der Waals surface area contributed by atoms with Crippen LogP contribution in [0.15, 0.2) is 77.7 Å². The van der Waals surface area contributed by atoms with Gasteiger partial charge >= 0.3 is 0 Å². The molecule has 0 radical (unpaired) electrons. The average Bonchev–Trinajstić information content (AvgIpc) is 2.68. The predicted octanol–water partition coefficient (Wildman–Crippen LogP) is 4.31. The molecule has 0 aliphatic heterocycles. The van der Waals surface area contributed by atoms with E-state index in [4.69, 9.17) is 16.4 Å². The third-order valence-corrected chi connectivity index (χ3v) is 5.72. The monoisotopic (exact) mass is 430 g/mol. The Kier molecular flexibility index (Phi) is 6.53. The van der Waals surface area contributed by atoms with Crippen LogP contribution in [0, 0.1) is 6.92 Å². The Morgan fingerprint density at radius 2 is 1.76 bits per heavy atom. The first-order valence-corrected chi connectivity index (χ1v) is 10.6. The van der Waals surface area contributed by atoms with Gasteiger partial charge in [0.05, 0.1) is 22.1 Å². The molecule has 8 heteroatoms. The van der Waals surface area contributed by atoms with E-state index in [2.05, 4.69) is 10.2 Å². The number of hydrogen-bond donors (Lipinski definition) is 2. The van der Waals surface area contributed by atoms with E-state index in [1.807, 2.05) is 43.3 Å². The summed E-state index contributed by atoms with van der Waals surface area (Å²) in [5, 5.41) is 0.111. The molecule has 3 aromatic rings. The molecule has 6 nitrogen and oxygen atoms in total. The first kappa shape index (κ1) is 20.9. The van der Waals surface area contributed by atoms with E-state index in [-0.39, 0.29) is 22.1 Å². The van der Waals surface area contributed by atoms with Crippen LogP contribution in [0.4, 0.5) is 5.69 Å². The van der Waals surface area contributed by atoms with Crippen molar-refractivity contribution in [2.24, 2.45) is 0 Å². The van der Waals surface area contributed by atoms with Crippen LogP contribution in [0.2, 0.25) is 5.02 Å². The quantitative estimate of drug-likeness (QED) is 0.547. The Balaban J connectivity index is 1.73. The van der Waals surface area contributed by atoms with E-state index in [9.17, 15) is 13.2 Å². The zero-order chi connectivity index (χ0) is 20.9. The number of carbonyl (C=O) groups excluding carboxylic acids is 1. The summed E-state index contributed by atoms with van der Waals surface area (Å²) >= 11 is 6.09. The maximum Gasteiger partial charge on any atom is 0.276 e. The molecule has 0 unspecified atom stereocenters. The Morgan fingerprint density at radius 1 is 1.00 bits per heavy atom. The SMILES string of the molecule is Cc1cccc(NS(=O)(=O)c2ccc(Cl)c(C(=O)NOCc3ccccc3)c2)c1. The van der Waals surface area contributed by atoms with Crippen molar-refractivity contribution < 1.29 is 18.0 Å².